The van der Waals surface area contributed by atoms with Crippen molar-refractivity contribution in [1.82, 2.24) is 16.2 Å². The van der Waals surface area contributed by atoms with Crippen molar-refractivity contribution in [3.8, 4) is 5.75 Å². The summed E-state index contributed by atoms with van der Waals surface area (Å²) in [5, 5.41) is 11.9. The monoisotopic (exact) mass is 225 g/mol. The van der Waals surface area contributed by atoms with E-state index in [1.165, 1.54) is 12.1 Å². The van der Waals surface area contributed by atoms with Crippen LogP contribution >= 0.6 is 12.2 Å². The van der Waals surface area contributed by atoms with E-state index in [0.717, 1.165) is 0 Å². The lowest BCUT2D eigenvalue weighted by Crippen LogP contribution is -2.44. The summed E-state index contributed by atoms with van der Waals surface area (Å²) in [6.07, 6.45) is 0. The van der Waals surface area contributed by atoms with Gasteiger partial charge in [0.25, 0.3) is 5.91 Å². The van der Waals surface area contributed by atoms with Gasteiger partial charge in [-0.25, -0.2) is 5.43 Å². The van der Waals surface area contributed by atoms with Crippen LogP contribution in [-0.4, -0.2) is 23.2 Å². The number of carbonyl (C=O) groups excluding carboxylic acids is 1. The Bertz CT molecular complexity index is 381. The van der Waals surface area contributed by atoms with Crippen LogP contribution < -0.4 is 16.2 Å². The smallest absolute Gasteiger partial charge is 0.261 e. The van der Waals surface area contributed by atoms with Gasteiger partial charge in [-0.3, -0.25) is 15.5 Å². The second kappa shape index (κ2) is 5.28. The number of aromatic hydroxyl groups is 1. The number of thiocarbonyl (C=S) groups is 1. The quantitative estimate of drug-likeness (QED) is 0.425. The summed E-state index contributed by atoms with van der Waals surface area (Å²) in [5.41, 5.74) is 5.28. The molecule has 0 heterocycles. The fraction of sp³-hybridized carbons (Fsp3) is 0.111. The van der Waals surface area contributed by atoms with Gasteiger partial charge in [-0.2, -0.15) is 0 Å². The number of carbonyl (C=O) groups is 1. The lowest BCUT2D eigenvalue weighted by Gasteiger charge is -2.08. The largest absolute Gasteiger partial charge is 0.507 e. The molecule has 1 aromatic carbocycles. The normalized spacial score (nSPS) is 9.40. The van der Waals surface area contributed by atoms with E-state index in [9.17, 15) is 9.90 Å². The summed E-state index contributed by atoms with van der Waals surface area (Å²) in [4.78, 5) is 11.5. The van der Waals surface area contributed by atoms with Gasteiger partial charge in [-0.1, -0.05) is 12.1 Å². The first kappa shape index (κ1) is 11.4. The molecule has 0 bridgehead atoms. The maximum absolute atomic E-state index is 11.5. The number of rotatable bonds is 2. The Morgan fingerprint density at radius 3 is 2.67 bits per heavy atom. The van der Waals surface area contributed by atoms with Gasteiger partial charge in [0.1, 0.15) is 5.75 Å². The van der Waals surface area contributed by atoms with Crippen molar-refractivity contribution < 1.29 is 9.90 Å². The summed E-state index contributed by atoms with van der Waals surface area (Å²) < 4.78 is 0. The molecule has 0 aliphatic heterocycles. The number of hydrazine groups is 1. The lowest BCUT2D eigenvalue weighted by atomic mass is 10.2. The minimum absolute atomic E-state index is 0.0812. The van der Waals surface area contributed by atoms with Crippen molar-refractivity contribution in [1.29, 1.82) is 0 Å². The molecule has 4 N–H and O–H groups in total. The van der Waals surface area contributed by atoms with E-state index in [2.05, 4.69) is 16.2 Å². The maximum atomic E-state index is 11.5. The van der Waals surface area contributed by atoms with Gasteiger partial charge in [0.2, 0.25) is 0 Å². The molecular formula is C9H11N3O2S. The molecule has 6 heteroatoms. The van der Waals surface area contributed by atoms with Crippen LogP contribution in [0.2, 0.25) is 0 Å². The number of benzene rings is 1. The zero-order valence-corrected chi connectivity index (χ0v) is 8.89. The number of phenolic OH excluding ortho intramolecular Hbond substituents is 1. The lowest BCUT2D eigenvalue weighted by molar-refractivity contribution is 0.0974. The third kappa shape index (κ3) is 3.19. The van der Waals surface area contributed by atoms with Crippen molar-refractivity contribution in [2.75, 3.05) is 7.05 Å². The molecule has 0 aromatic heterocycles. The fourth-order valence-electron chi connectivity index (χ4n) is 0.981. The molecular weight excluding hydrogens is 214 g/mol. The van der Waals surface area contributed by atoms with Crippen LogP contribution in [0, 0.1) is 0 Å². The summed E-state index contributed by atoms with van der Waals surface area (Å²) in [6.45, 7) is 0. The minimum Gasteiger partial charge on any atom is -0.507 e. The van der Waals surface area contributed by atoms with Gasteiger partial charge < -0.3 is 5.11 Å². The molecule has 1 rings (SSSR count). The Labute approximate surface area is 92.5 Å². The molecule has 1 amide bonds. The zero-order chi connectivity index (χ0) is 11.3. The second-order valence-corrected chi connectivity index (χ2v) is 3.08. The molecule has 15 heavy (non-hydrogen) atoms. The number of para-hydroxylation sites is 1. The summed E-state index contributed by atoms with van der Waals surface area (Å²) >= 11 is 4.79. The number of hydrogen-bond donors (Lipinski definition) is 4. The van der Waals surface area contributed by atoms with Crippen molar-refractivity contribution in [3.05, 3.63) is 29.8 Å². The van der Waals surface area contributed by atoms with E-state index in [0.29, 0.717) is 0 Å². The van der Waals surface area contributed by atoms with Gasteiger partial charge in [0.15, 0.2) is 5.11 Å². The van der Waals surface area contributed by atoms with Crippen LogP contribution in [0.5, 0.6) is 5.75 Å². The van der Waals surface area contributed by atoms with Crippen molar-refractivity contribution >= 4 is 23.2 Å². The summed E-state index contributed by atoms with van der Waals surface area (Å²) in [5.74, 6) is -0.539. The highest BCUT2D eigenvalue weighted by Crippen LogP contribution is 2.14. The van der Waals surface area contributed by atoms with Gasteiger partial charge in [0, 0.05) is 7.05 Å². The van der Waals surface area contributed by atoms with Gasteiger partial charge in [-0.05, 0) is 24.4 Å². The molecule has 0 fully saturated rings. The van der Waals surface area contributed by atoms with Crippen molar-refractivity contribution in [2.24, 2.45) is 0 Å². The standard InChI is InChI=1S/C9H11N3O2S/c1-10-12-9(15)11-8(14)6-4-2-3-5-7(6)13/h2-5,10,13H,1H3,(H2,11,12,14,15). The minimum atomic E-state index is -0.458. The van der Waals surface area contributed by atoms with E-state index < -0.39 is 5.91 Å². The Morgan fingerprint density at radius 1 is 1.40 bits per heavy atom. The van der Waals surface area contributed by atoms with Crippen LogP contribution in [-0.2, 0) is 0 Å². The first-order valence-electron chi connectivity index (χ1n) is 4.21. The molecule has 0 saturated carbocycles. The zero-order valence-electron chi connectivity index (χ0n) is 8.07. The highest BCUT2D eigenvalue weighted by atomic mass is 32.1. The van der Waals surface area contributed by atoms with Crippen LogP contribution in [0.25, 0.3) is 0 Å². The molecule has 5 nitrogen and oxygen atoms in total. The molecule has 0 aliphatic rings. The molecule has 0 spiro atoms. The molecule has 0 atom stereocenters. The van der Waals surface area contributed by atoms with E-state index >= 15 is 0 Å². The van der Waals surface area contributed by atoms with Crippen LogP contribution in [0.15, 0.2) is 24.3 Å². The Kier molecular flexibility index (Phi) is 4.02. The van der Waals surface area contributed by atoms with Crippen LogP contribution in [0.4, 0.5) is 0 Å². The molecule has 0 unspecified atom stereocenters. The SMILES string of the molecule is CNNC(=S)NC(=O)c1ccccc1O. The maximum Gasteiger partial charge on any atom is 0.261 e. The van der Waals surface area contributed by atoms with E-state index in [4.69, 9.17) is 12.2 Å². The second-order valence-electron chi connectivity index (χ2n) is 2.68. The first-order valence-corrected chi connectivity index (χ1v) is 4.62. The predicted molar refractivity (Wildman–Crippen MR) is 60.4 cm³/mol. The molecule has 0 saturated heterocycles. The van der Waals surface area contributed by atoms with Gasteiger partial charge in [0.05, 0.1) is 5.56 Å². The molecule has 80 valence electrons. The average Bonchev–Trinajstić information content (AvgIpc) is 2.18. The molecule has 0 aliphatic carbocycles. The first-order chi connectivity index (χ1) is 7.15. The van der Waals surface area contributed by atoms with E-state index in [1.54, 1.807) is 19.2 Å². The molecule has 0 radical (unpaired) electrons. The average molecular weight is 225 g/mol. The Morgan fingerprint density at radius 2 is 2.07 bits per heavy atom. The highest BCUT2D eigenvalue weighted by molar-refractivity contribution is 7.80. The van der Waals surface area contributed by atoms with Gasteiger partial charge >= 0.3 is 0 Å². The number of amides is 1. The van der Waals surface area contributed by atoms with E-state index in [-0.39, 0.29) is 16.4 Å². The number of hydrogen-bond acceptors (Lipinski definition) is 4. The number of nitrogens with one attached hydrogen (secondary N) is 3. The summed E-state index contributed by atoms with van der Waals surface area (Å²) in [6, 6.07) is 6.23. The molecule has 1 aromatic rings. The van der Waals surface area contributed by atoms with Crippen LogP contribution in [0.3, 0.4) is 0 Å². The number of phenols is 1. The Balaban J connectivity index is 2.70. The van der Waals surface area contributed by atoms with Crippen molar-refractivity contribution in [2.45, 2.75) is 0 Å². The topological polar surface area (TPSA) is 73.4 Å². The van der Waals surface area contributed by atoms with Gasteiger partial charge in [-0.15, -0.1) is 0 Å². The predicted octanol–water partition coefficient (Wildman–Crippen LogP) is 0.131. The Hall–Kier alpha value is -1.66. The summed E-state index contributed by atoms with van der Waals surface area (Å²) in [7, 11) is 1.62. The fourth-order valence-corrected chi connectivity index (χ4v) is 1.18. The highest BCUT2D eigenvalue weighted by Gasteiger charge is 2.10. The van der Waals surface area contributed by atoms with E-state index in [1.807, 2.05) is 0 Å². The third-order valence-corrected chi connectivity index (χ3v) is 1.82. The van der Waals surface area contributed by atoms with Crippen LogP contribution in [0.1, 0.15) is 10.4 Å². The third-order valence-electron chi connectivity index (χ3n) is 1.61. The van der Waals surface area contributed by atoms with Crippen molar-refractivity contribution in [3.63, 3.8) is 0 Å².